The number of halogens is 1. The predicted molar refractivity (Wildman–Crippen MR) is 68.0 cm³/mol. The number of H-pyrrole nitrogens is 1. The van der Waals surface area contributed by atoms with E-state index in [4.69, 9.17) is 4.74 Å². The molecule has 2 aromatic rings. The Morgan fingerprint density at radius 2 is 2.00 bits per heavy atom. The second-order valence-electron chi connectivity index (χ2n) is 5.19. The van der Waals surface area contributed by atoms with Gasteiger partial charge in [0, 0.05) is 5.92 Å². The molecule has 0 saturated carbocycles. The fourth-order valence-electron chi connectivity index (χ4n) is 2.91. The van der Waals surface area contributed by atoms with Crippen molar-refractivity contribution in [2.24, 2.45) is 5.92 Å². The largest absolute Gasteiger partial charge is 0.374 e. The van der Waals surface area contributed by atoms with Crippen LogP contribution >= 0.6 is 0 Å². The summed E-state index contributed by atoms with van der Waals surface area (Å²) in [5, 5.41) is 0. The first-order valence-electron chi connectivity index (χ1n) is 6.37. The molecule has 2 heterocycles. The van der Waals surface area contributed by atoms with Gasteiger partial charge >= 0.3 is 0 Å². The van der Waals surface area contributed by atoms with Crippen molar-refractivity contribution in [2.45, 2.75) is 38.9 Å². The summed E-state index contributed by atoms with van der Waals surface area (Å²) < 4.78 is 19.5. The van der Waals surface area contributed by atoms with Gasteiger partial charge in [-0.15, -0.1) is 0 Å². The number of nitrogens with zero attached hydrogens (tertiary/aromatic N) is 1. The van der Waals surface area contributed by atoms with Crippen LogP contribution in [0.3, 0.4) is 0 Å². The average Bonchev–Trinajstić information content (AvgIpc) is 2.83. The zero-order chi connectivity index (χ0) is 12.9. The molecule has 1 aliphatic rings. The molecule has 1 saturated heterocycles. The zero-order valence-corrected chi connectivity index (χ0v) is 10.8. The molecule has 1 aromatic carbocycles. The average molecular weight is 248 g/mol. The Balaban J connectivity index is 2.07. The Kier molecular flexibility index (Phi) is 2.63. The number of nitrogens with one attached hydrogen (secondary N) is 1. The highest BCUT2D eigenvalue weighted by Crippen LogP contribution is 2.39. The van der Waals surface area contributed by atoms with Crippen molar-refractivity contribution in [3.8, 4) is 0 Å². The maximum Gasteiger partial charge on any atom is 0.151 e. The van der Waals surface area contributed by atoms with E-state index in [2.05, 4.69) is 23.8 Å². The first-order valence-corrected chi connectivity index (χ1v) is 6.37. The Morgan fingerprint density at radius 3 is 2.61 bits per heavy atom. The third-order valence-electron chi connectivity index (χ3n) is 4.04. The van der Waals surface area contributed by atoms with Gasteiger partial charge in [-0.1, -0.05) is 13.0 Å². The summed E-state index contributed by atoms with van der Waals surface area (Å²) in [6.45, 7) is 6.28. The van der Waals surface area contributed by atoms with Gasteiger partial charge in [-0.3, -0.25) is 0 Å². The molecule has 4 heteroatoms. The topological polar surface area (TPSA) is 37.9 Å². The number of para-hydroxylation sites is 1. The van der Waals surface area contributed by atoms with Gasteiger partial charge in [0.05, 0.1) is 17.7 Å². The molecule has 0 aliphatic carbocycles. The maximum absolute atomic E-state index is 13.6. The Labute approximate surface area is 105 Å². The summed E-state index contributed by atoms with van der Waals surface area (Å²) in [7, 11) is 0. The molecule has 1 aromatic heterocycles. The molecule has 1 fully saturated rings. The SMILES string of the molecule is CC1OC(C)C(c2nc3c(F)cccc3[nH]2)C1C. The van der Waals surface area contributed by atoms with Gasteiger partial charge < -0.3 is 9.72 Å². The van der Waals surface area contributed by atoms with Gasteiger partial charge in [-0.05, 0) is 31.9 Å². The minimum absolute atomic E-state index is 0.110. The number of fused-ring (bicyclic) bond motifs is 1. The molecule has 1 aliphatic heterocycles. The van der Waals surface area contributed by atoms with Crippen LogP contribution in [0.15, 0.2) is 18.2 Å². The van der Waals surface area contributed by atoms with E-state index >= 15 is 0 Å². The summed E-state index contributed by atoms with van der Waals surface area (Å²) in [4.78, 5) is 7.65. The number of hydrogen-bond donors (Lipinski definition) is 1. The van der Waals surface area contributed by atoms with Gasteiger partial charge in [0.15, 0.2) is 5.82 Å². The number of aromatic nitrogens is 2. The third kappa shape index (κ3) is 1.63. The monoisotopic (exact) mass is 248 g/mol. The number of ether oxygens (including phenoxy) is 1. The van der Waals surface area contributed by atoms with Gasteiger partial charge in [-0.25, -0.2) is 9.37 Å². The van der Waals surface area contributed by atoms with Gasteiger partial charge in [-0.2, -0.15) is 0 Å². The summed E-state index contributed by atoms with van der Waals surface area (Å²) in [5.41, 5.74) is 1.18. The van der Waals surface area contributed by atoms with Crippen LogP contribution in [0.2, 0.25) is 0 Å². The minimum Gasteiger partial charge on any atom is -0.374 e. The second-order valence-corrected chi connectivity index (χ2v) is 5.19. The molecule has 0 amide bonds. The van der Waals surface area contributed by atoms with Crippen molar-refractivity contribution >= 4 is 11.0 Å². The number of hydrogen-bond acceptors (Lipinski definition) is 2. The molecular formula is C14H17FN2O. The maximum atomic E-state index is 13.6. The summed E-state index contributed by atoms with van der Waals surface area (Å²) >= 11 is 0. The van der Waals surface area contributed by atoms with Crippen LogP contribution in [0.25, 0.3) is 11.0 Å². The van der Waals surface area contributed by atoms with Gasteiger partial charge in [0.25, 0.3) is 0 Å². The van der Waals surface area contributed by atoms with E-state index in [0.29, 0.717) is 11.4 Å². The molecule has 96 valence electrons. The van der Waals surface area contributed by atoms with E-state index in [-0.39, 0.29) is 23.9 Å². The van der Waals surface area contributed by atoms with Crippen LogP contribution in [0.5, 0.6) is 0 Å². The van der Waals surface area contributed by atoms with Gasteiger partial charge in [0.2, 0.25) is 0 Å². The van der Waals surface area contributed by atoms with E-state index in [1.54, 1.807) is 6.07 Å². The second kappa shape index (κ2) is 4.05. The molecule has 0 bridgehead atoms. The van der Waals surface area contributed by atoms with Crippen LogP contribution in [-0.4, -0.2) is 22.2 Å². The van der Waals surface area contributed by atoms with Crippen LogP contribution < -0.4 is 0 Å². The summed E-state index contributed by atoms with van der Waals surface area (Å²) in [5.74, 6) is 1.14. The number of aromatic amines is 1. The molecule has 0 radical (unpaired) electrons. The predicted octanol–water partition coefficient (Wildman–Crippen LogP) is 3.23. The van der Waals surface area contributed by atoms with Crippen molar-refractivity contribution in [3.05, 3.63) is 29.8 Å². The molecular weight excluding hydrogens is 231 g/mol. The standard InChI is InChI=1S/C14H17FN2O/c1-7-8(2)18-9(3)12(7)14-16-11-6-4-5-10(15)13(11)17-14/h4-9,12H,1-3H3,(H,16,17). The molecule has 4 unspecified atom stereocenters. The lowest BCUT2D eigenvalue weighted by Gasteiger charge is -2.15. The third-order valence-corrected chi connectivity index (χ3v) is 4.04. The van der Waals surface area contributed by atoms with E-state index < -0.39 is 0 Å². The van der Waals surface area contributed by atoms with Crippen molar-refractivity contribution < 1.29 is 9.13 Å². The first kappa shape index (κ1) is 11.7. The highest BCUT2D eigenvalue weighted by Gasteiger charge is 2.39. The van der Waals surface area contributed by atoms with Crippen molar-refractivity contribution in [1.82, 2.24) is 9.97 Å². The summed E-state index contributed by atoms with van der Waals surface area (Å²) in [6.07, 6.45) is 0.321. The molecule has 3 nitrogen and oxygen atoms in total. The quantitative estimate of drug-likeness (QED) is 0.841. The first-order chi connectivity index (χ1) is 8.58. The molecule has 0 spiro atoms. The smallest absolute Gasteiger partial charge is 0.151 e. The lowest BCUT2D eigenvalue weighted by atomic mass is 9.89. The van der Waals surface area contributed by atoms with Crippen LogP contribution in [0, 0.1) is 11.7 Å². The number of rotatable bonds is 1. The van der Waals surface area contributed by atoms with Crippen LogP contribution in [-0.2, 0) is 4.74 Å². The lowest BCUT2D eigenvalue weighted by Crippen LogP contribution is -2.16. The number of benzene rings is 1. The van der Waals surface area contributed by atoms with E-state index in [1.807, 2.05) is 13.0 Å². The summed E-state index contributed by atoms with van der Waals surface area (Å²) in [6, 6.07) is 4.98. The fourth-order valence-corrected chi connectivity index (χ4v) is 2.91. The Morgan fingerprint density at radius 1 is 1.22 bits per heavy atom. The molecule has 1 N–H and O–H groups in total. The van der Waals surface area contributed by atoms with Gasteiger partial charge in [0.1, 0.15) is 11.3 Å². The number of imidazole rings is 1. The molecule has 3 rings (SSSR count). The molecule has 4 atom stereocenters. The van der Waals surface area contributed by atoms with E-state index in [1.165, 1.54) is 6.07 Å². The van der Waals surface area contributed by atoms with Crippen molar-refractivity contribution in [3.63, 3.8) is 0 Å². The Bertz CT molecular complexity index is 580. The highest BCUT2D eigenvalue weighted by molar-refractivity contribution is 5.75. The fraction of sp³-hybridized carbons (Fsp3) is 0.500. The van der Waals surface area contributed by atoms with Crippen molar-refractivity contribution in [1.29, 1.82) is 0 Å². The molecule has 18 heavy (non-hydrogen) atoms. The minimum atomic E-state index is -0.276. The highest BCUT2D eigenvalue weighted by atomic mass is 19.1. The van der Waals surface area contributed by atoms with E-state index in [9.17, 15) is 4.39 Å². The normalized spacial score (nSPS) is 32.2. The zero-order valence-electron chi connectivity index (χ0n) is 10.8. The van der Waals surface area contributed by atoms with Crippen LogP contribution in [0.4, 0.5) is 4.39 Å². The Hall–Kier alpha value is -1.42. The van der Waals surface area contributed by atoms with E-state index in [0.717, 1.165) is 11.3 Å². The van der Waals surface area contributed by atoms with Crippen molar-refractivity contribution in [2.75, 3.05) is 0 Å². The van der Waals surface area contributed by atoms with Crippen LogP contribution in [0.1, 0.15) is 32.5 Å². The lowest BCUT2D eigenvalue weighted by molar-refractivity contribution is 0.0554.